The zero-order valence-electron chi connectivity index (χ0n) is 9.19. The predicted octanol–water partition coefficient (Wildman–Crippen LogP) is 1.64. The molecule has 0 radical (unpaired) electrons. The topological polar surface area (TPSA) is 45.4 Å². The third kappa shape index (κ3) is 2.78. The van der Waals surface area contributed by atoms with Crippen molar-refractivity contribution < 1.29 is 14.2 Å². The van der Waals surface area contributed by atoms with E-state index in [0.29, 0.717) is 5.56 Å². The summed E-state index contributed by atoms with van der Waals surface area (Å²) in [6, 6.07) is 1.83. The number of methoxy groups -OCH3 is 2. The average Bonchev–Trinajstić information content (AvgIpc) is 2.18. The quantitative estimate of drug-likeness (QED) is 0.430. The normalized spacial score (nSPS) is 10.7. The van der Waals surface area contributed by atoms with E-state index < -0.39 is 6.29 Å². The van der Waals surface area contributed by atoms with Gasteiger partial charge >= 0.3 is 0 Å². The summed E-state index contributed by atoms with van der Waals surface area (Å²) < 4.78 is 10.9. The molecule has 0 atom stereocenters. The maximum absolute atomic E-state index is 11.3. The van der Waals surface area contributed by atoms with Crippen LogP contribution in [0.5, 0.6) is 0 Å². The predicted molar refractivity (Wildman–Crippen MR) is 56.9 cm³/mol. The highest BCUT2D eigenvalue weighted by Crippen LogP contribution is 2.19. The summed E-state index contributed by atoms with van der Waals surface area (Å²) in [5, 5.41) is 11.3. The van der Waals surface area contributed by atoms with Gasteiger partial charge in [0.15, 0.2) is 18.7 Å². The number of nitrogens with zero attached hydrogens (tertiary/aromatic N) is 1. The fourth-order valence-electron chi connectivity index (χ4n) is 1.31. The lowest BCUT2D eigenvalue weighted by atomic mass is 10.1. The molecule has 0 amide bonds. The zero-order chi connectivity index (χ0) is 11.4. The number of pyridine rings is 1. The highest BCUT2D eigenvalue weighted by molar-refractivity contribution is 5.60. The zero-order valence-corrected chi connectivity index (χ0v) is 9.19. The van der Waals surface area contributed by atoms with Crippen LogP contribution >= 0.6 is 0 Å². The highest BCUT2D eigenvalue weighted by Gasteiger charge is 2.14. The van der Waals surface area contributed by atoms with Crippen LogP contribution in [0.2, 0.25) is 0 Å². The summed E-state index contributed by atoms with van der Waals surface area (Å²) >= 11 is 0. The van der Waals surface area contributed by atoms with Crippen molar-refractivity contribution >= 4 is 5.57 Å². The lowest BCUT2D eigenvalue weighted by Gasteiger charge is -2.13. The molecule has 0 saturated carbocycles. The van der Waals surface area contributed by atoms with E-state index in [0.717, 1.165) is 15.9 Å². The first-order chi connectivity index (χ1) is 7.08. The minimum Gasteiger partial charge on any atom is -0.619 e. The van der Waals surface area contributed by atoms with E-state index in [9.17, 15) is 5.21 Å². The number of hydrogen-bond acceptors (Lipinski definition) is 3. The number of allylic oxidation sites excluding steroid dienone is 1. The summed E-state index contributed by atoms with van der Waals surface area (Å²) in [5.41, 5.74) is 2.28. The molecular formula is C11H15NO3. The van der Waals surface area contributed by atoms with Crippen LogP contribution in [-0.2, 0) is 9.47 Å². The van der Waals surface area contributed by atoms with Crippen molar-refractivity contribution in [3.63, 3.8) is 0 Å². The molecule has 15 heavy (non-hydrogen) atoms. The lowest BCUT2D eigenvalue weighted by molar-refractivity contribution is -0.606. The van der Waals surface area contributed by atoms with E-state index in [-0.39, 0.29) is 0 Å². The minimum absolute atomic E-state index is 0.524. The largest absolute Gasteiger partial charge is 0.619 e. The molecule has 0 unspecified atom stereocenters. The summed E-state index contributed by atoms with van der Waals surface area (Å²) in [6.45, 7) is 5.63. The molecule has 0 bridgehead atoms. The van der Waals surface area contributed by atoms with Crippen molar-refractivity contribution in [1.82, 2.24) is 0 Å². The van der Waals surface area contributed by atoms with Crippen LogP contribution in [0, 0.1) is 5.21 Å². The summed E-state index contributed by atoms with van der Waals surface area (Å²) in [5.74, 6) is 0. The maximum Gasteiger partial charge on any atom is 0.188 e. The summed E-state index contributed by atoms with van der Waals surface area (Å²) in [4.78, 5) is 0. The number of rotatable bonds is 4. The molecule has 0 aliphatic rings. The molecule has 4 heteroatoms. The van der Waals surface area contributed by atoms with Gasteiger partial charge < -0.3 is 14.7 Å². The molecule has 1 aromatic heterocycles. The first kappa shape index (κ1) is 11.7. The first-order valence-electron chi connectivity index (χ1n) is 4.53. The van der Waals surface area contributed by atoms with Crippen molar-refractivity contribution in [2.24, 2.45) is 0 Å². The molecule has 1 aromatic rings. The van der Waals surface area contributed by atoms with Crippen LogP contribution in [0.3, 0.4) is 0 Å². The second-order valence-corrected chi connectivity index (χ2v) is 3.30. The second kappa shape index (κ2) is 4.91. The third-order valence-corrected chi connectivity index (χ3v) is 2.06. The Morgan fingerprint density at radius 3 is 2.47 bits per heavy atom. The smallest absolute Gasteiger partial charge is 0.188 e. The van der Waals surface area contributed by atoms with Gasteiger partial charge in [-0.15, -0.1) is 0 Å². The van der Waals surface area contributed by atoms with Gasteiger partial charge in [0.1, 0.15) is 0 Å². The van der Waals surface area contributed by atoms with Crippen LogP contribution in [0.4, 0.5) is 0 Å². The SMILES string of the molecule is C=C(C)c1cc(C(OC)OC)c[n+]([O-])c1. The molecule has 0 fully saturated rings. The van der Waals surface area contributed by atoms with Gasteiger partial charge in [-0.1, -0.05) is 6.58 Å². The Morgan fingerprint density at radius 1 is 1.40 bits per heavy atom. The van der Waals surface area contributed by atoms with Crippen LogP contribution in [-0.4, -0.2) is 14.2 Å². The Morgan fingerprint density at radius 2 is 2.00 bits per heavy atom. The van der Waals surface area contributed by atoms with Gasteiger partial charge in [-0.2, -0.15) is 4.73 Å². The molecule has 82 valence electrons. The van der Waals surface area contributed by atoms with Crippen LogP contribution in [0.1, 0.15) is 24.3 Å². The van der Waals surface area contributed by atoms with Gasteiger partial charge in [-0.25, -0.2) is 0 Å². The van der Waals surface area contributed by atoms with Crippen LogP contribution in [0.25, 0.3) is 5.57 Å². The monoisotopic (exact) mass is 209 g/mol. The van der Waals surface area contributed by atoms with E-state index in [1.165, 1.54) is 26.6 Å². The lowest BCUT2D eigenvalue weighted by Crippen LogP contribution is -2.27. The Kier molecular flexibility index (Phi) is 3.82. The first-order valence-corrected chi connectivity index (χ1v) is 4.53. The Bertz CT molecular complexity index is 359. The highest BCUT2D eigenvalue weighted by atomic mass is 16.7. The van der Waals surface area contributed by atoms with Crippen molar-refractivity contribution in [2.45, 2.75) is 13.2 Å². The standard InChI is InChI=1S/C11H15NO3/c1-8(2)9-5-10(7-12(13)6-9)11(14-3)15-4/h5-7,11H,1H2,2-4H3. The summed E-state index contributed by atoms with van der Waals surface area (Å²) in [7, 11) is 3.05. The van der Waals surface area contributed by atoms with Gasteiger partial charge in [0.2, 0.25) is 0 Å². The van der Waals surface area contributed by atoms with Gasteiger partial charge in [0.25, 0.3) is 0 Å². The van der Waals surface area contributed by atoms with Crippen molar-refractivity contribution in [2.75, 3.05) is 14.2 Å². The molecular weight excluding hydrogens is 194 g/mol. The molecule has 1 heterocycles. The van der Waals surface area contributed by atoms with Crippen LogP contribution < -0.4 is 4.73 Å². The van der Waals surface area contributed by atoms with Gasteiger partial charge in [-0.3, -0.25) is 0 Å². The summed E-state index contributed by atoms with van der Waals surface area (Å²) in [6.07, 6.45) is 2.36. The molecule has 0 aliphatic heterocycles. The molecule has 0 spiro atoms. The van der Waals surface area contributed by atoms with Crippen molar-refractivity contribution in [1.29, 1.82) is 0 Å². The van der Waals surface area contributed by atoms with Crippen molar-refractivity contribution in [3.05, 3.63) is 41.4 Å². The molecule has 0 saturated heterocycles. The van der Waals surface area contributed by atoms with Gasteiger partial charge in [0.05, 0.1) is 5.56 Å². The minimum atomic E-state index is -0.524. The molecule has 1 rings (SSSR count). The van der Waals surface area contributed by atoms with E-state index in [2.05, 4.69) is 6.58 Å². The second-order valence-electron chi connectivity index (χ2n) is 3.30. The van der Waals surface area contributed by atoms with Gasteiger partial charge in [-0.05, 0) is 18.6 Å². The molecule has 0 aromatic carbocycles. The van der Waals surface area contributed by atoms with Crippen LogP contribution in [0.15, 0.2) is 25.0 Å². The maximum atomic E-state index is 11.3. The fourth-order valence-corrected chi connectivity index (χ4v) is 1.31. The van der Waals surface area contributed by atoms with E-state index in [4.69, 9.17) is 9.47 Å². The fraction of sp³-hybridized carbons (Fsp3) is 0.364. The molecule has 0 N–H and O–H groups in total. The number of aromatic nitrogens is 1. The average molecular weight is 209 g/mol. The Hall–Kier alpha value is -1.39. The molecule has 4 nitrogen and oxygen atoms in total. The Labute approximate surface area is 89.3 Å². The van der Waals surface area contributed by atoms with E-state index in [1.807, 2.05) is 13.0 Å². The number of ether oxygens (including phenoxy) is 2. The van der Waals surface area contributed by atoms with E-state index in [1.54, 1.807) is 0 Å². The Balaban J connectivity index is 3.13. The number of hydrogen-bond donors (Lipinski definition) is 0. The molecule has 0 aliphatic carbocycles. The van der Waals surface area contributed by atoms with Crippen molar-refractivity contribution in [3.8, 4) is 0 Å². The van der Waals surface area contributed by atoms with E-state index >= 15 is 0 Å². The third-order valence-electron chi connectivity index (χ3n) is 2.06. The van der Waals surface area contributed by atoms with Gasteiger partial charge in [0, 0.05) is 19.8 Å².